The van der Waals surface area contributed by atoms with Gasteiger partial charge in [-0.1, -0.05) is 0 Å². The third kappa shape index (κ3) is 8.97. The van der Waals surface area contributed by atoms with Crippen LogP contribution in [0.25, 0.3) is 0 Å². The average Bonchev–Trinajstić information content (AvgIpc) is 2.24. The molecule has 0 saturated heterocycles. The minimum atomic E-state index is -2.17. The number of aliphatic hydroxyl groups is 6. The first-order chi connectivity index (χ1) is 7.27. The minimum absolute atomic E-state index is 0.726. The third-order valence-electron chi connectivity index (χ3n) is 1.51. The van der Waals surface area contributed by atoms with Gasteiger partial charge in [-0.3, -0.25) is 0 Å². The molecule has 0 aliphatic rings. The van der Waals surface area contributed by atoms with Crippen LogP contribution in [0, 0.1) is 0 Å². The largest absolute Gasteiger partial charge is 0.631 e. The Labute approximate surface area is 91.6 Å². The lowest BCUT2D eigenvalue weighted by atomic mass is 10.0. The molecule has 9 nitrogen and oxygen atoms in total. The lowest BCUT2D eigenvalue weighted by molar-refractivity contribution is -0.123. The lowest BCUT2D eigenvalue weighted by Gasteiger charge is -2.24. The molecular weight excluding hydrogens is 227 g/mol. The fourth-order valence-corrected chi connectivity index (χ4v) is 0.671. The number of hydrogen-bond acceptors (Lipinski definition) is 9. The summed E-state index contributed by atoms with van der Waals surface area (Å²) in [6.07, 6.45) is -6.39. The highest BCUT2D eigenvalue weighted by atomic mass is 16.5. The third-order valence-corrected chi connectivity index (χ3v) is 1.51. The minimum Gasteiger partial charge on any atom is -0.402 e. The second-order valence-electron chi connectivity index (χ2n) is 2.83. The molecule has 0 radical (unpaired) electrons. The molecule has 0 spiro atoms. The van der Waals surface area contributed by atoms with Crippen molar-refractivity contribution < 1.29 is 45.7 Å². The van der Waals surface area contributed by atoms with E-state index in [0.29, 0.717) is 0 Å². The van der Waals surface area contributed by atoms with Gasteiger partial charge in [-0.25, -0.2) is 0 Å². The molecule has 0 amide bonds. The van der Waals surface area contributed by atoms with E-state index >= 15 is 0 Å². The van der Waals surface area contributed by atoms with Crippen molar-refractivity contribution in [1.29, 1.82) is 0 Å². The summed E-state index contributed by atoms with van der Waals surface area (Å²) >= 11 is 0. The Balaban J connectivity index is 0. The first-order valence-electron chi connectivity index (χ1n) is 4.26. The van der Waals surface area contributed by atoms with Gasteiger partial charge in [0.1, 0.15) is 24.4 Å². The molecule has 0 fully saturated rings. The maximum atomic E-state index is 8.96. The molecule has 16 heavy (non-hydrogen) atoms. The van der Waals surface area contributed by atoms with Crippen molar-refractivity contribution in [3.63, 3.8) is 0 Å². The van der Waals surface area contributed by atoms with Crippen LogP contribution in [0.1, 0.15) is 0 Å². The monoisotopic (exact) mass is 244 g/mol. The normalized spacial score (nSPS) is 17.8. The van der Waals surface area contributed by atoms with E-state index in [-0.39, 0.29) is 0 Å². The summed E-state index contributed by atoms with van der Waals surface area (Å²) in [7, 11) is -2.17. The van der Waals surface area contributed by atoms with Gasteiger partial charge in [0.15, 0.2) is 0 Å². The molecule has 4 unspecified atom stereocenters. The van der Waals surface area contributed by atoms with Crippen molar-refractivity contribution in [3.05, 3.63) is 0 Å². The van der Waals surface area contributed by atoms with Crippen LogP contribution in [0.5, 0.6) is 0 Å². The van der Waals surface area contributed by atoms with E-state index in [0.717, 1.165) is 0 Å². The standard InChI is InChI=1S/C6H14O6.BH3O3/c7-1-3(9)5(11)6(12)4(10)2-8;2-1(3)4/h3-12H,1-2H2;2-4H. The van der Waals surface area contributed by atoms with Gasteiger partial charge in [-0.15, -0.1) is 0 Å². The van der Waals surface area contributed by atoms with Crippen LogP contribution in [0.15, 0.2) is 0 Å². The van der Waals surface area contributed by atoms with Crippen LogP contribution in [-0.4, -0.2) is 90.7 Å². The molecule has 0 aromatic carbocycles. The summed E-state index contributed by atoms with van der Waals surface area (Å²) in [6, 6.07) is 0. The van der Waals surface area contributed by atoms with Crippen LogP contribution < -0.4 is 0 Å². The smallest absolute Gasteiger partial charge is 0.402 e. The number of rotatable bonds is 5. The molecule has 0 rings (SSSR count). The Morgan fingerprint density at radius 2 is 0.875 bits per heavy atom. The molecule has 98 valence electrons. The Bertz CT molecular complexity index is 140. The highest BCUT2D eigenvalue weighted by Gasteiger charge is 2.29. The fraction of sp³-hybridized carbons (Fsp3) is 1.00. The topological polar surface area (TPSA) is 182 Å². The van der Waals surface area contributed by atoms with Gasteiger partial charge in [0.05, 0.1) is 13.2 Å². The van der Waals surface area contributed by atoms with Crippen LogP contribution in [0.4, 0.5) is 0 Å². The van der Waals surface area contributed by atoms with Gasteiger partial charge in [0.25, 0.3) is 0 Å². The van der Waals surface area contributed by atoms with Gasteiger partial charge in [-0.2, -0.15) is 0 Å². The summed E-state index contributed by atoms with van der Waals surface area (Å²) < 4.78 is 0. The van der Waals surface area contributed by atoms with Crippen LogP contribution in [0.2, 0.25) is 0 Å². The van der Waals surface area contributed by atoms with E-state index in [1.165, 1.54) is 0 Å². The van der Waals surface area contributed by atoms with Crippen molar-refractivity contribution >= 4 is 7.32 Å². The van der Waals surface area contributed by atoms with Gasteiger partial charge in [-0.05, 0) is 0 Å². The summed E-state index contributed by atoms with van der Waals surface area (Å²) in [6.45, 7) is -1.45. The molecule has 0 saturated carbocycles. The molecule has 0 heterocycles. The van der Waals surface area contributed by atoms with E-state index in [9.17, 15) is 0 Å². The lowest BCUT2D eigenvalue weighted by Crippen LogP contribution is -2.46. The first kappa shape index (κ1) is 18.1. The van der Waals surface area contributed by atoms with Crippen molar-refractivity contribution in [3.8, 4) is 0 Å². The van der Waals surface area contributed by atoms with Crippen LogP contribution >= 0.6 is 0 Å². The summed E-state index contributed by atoms with van der Waals surface area (Å²) in [4.78, 5) is 0. The highest BCUT2D eigenvalue weighted by molar-refractivity contribution is 6.30. The van der Waals surface area contributed by atoms with Crippen LogP contribution in [-0.2, 0) is 0 Å². The van der Waals surface area contributed by atoms with Crippen molar-refractivity contribution in [1.82, 2.24) is 0 Å². The predicted molar refractivity (Wildman–Crippen MR) is 50.6 cm³/mol. The Morgan fingerprint density at radius 3 is 1.00 bits per heavy atom. The van der Waals surface area contributed by atoms with E-state index in [1.807, 2.05) is 0 Å². The molecule has 0 bridgehead atoms. The predicted octanol–water partition coefficient (Wildman–Crippen LogP) is -5.64. The Hall–Kier alpha value is -0.295. The molecule has 0 aromatic heterocycles. The van der Waals surface area contributed by atoms with E-state index in [4.69, 9.17) is 45.7 Å². The SMILES string of the molecule is OB(O)O.OCC(O)C(O)C(O)C(O)CO. The first-order valence-corrected chi connectivity index (χ1v) is 4.26. The molecule has 0 aliphatic heterocycles. The van der Waals surface area contributed by atoms with E-state index in [1.54, 1.807) is 0 Å². The average molecular weight is 244 g/mol. The van der Waals surface area contributed by atoms with E-state index in [2.05, 4.69) is 0 Å². The zero-order chi connectivity index (χ0) is 13.3. The van der Waals surface area contributed by atoms with Crippen molar-refractivity contribution in [2.24, 2.45) is 0 Å². The molecule has 4 atom stereocenters. The Kier molecular flexibility index (Phi) is 11.2. The summed E-state index contributed by atoms with van der Waals surface area (Å²) in [5, 5.41) is 73.7. The van der Waals surface area contributed by atoms with Gasteiger partial charge in [0.2, 0.25) is 0 Å². The molecule has 9 N–H and O–H groups in total. The quantitative estimate of drug-likeness (QED) is 0.213. The summed E-state index contributed by atoms with van der Waals surface area (Å²) in [5.74, 6) is 0. The van der Waals surface area contributed by atoms with Gasteiger partial charge >= 0.3 is 7.32 Å². The highest BCUT2D eigenvalue weighted by Crippen LogP contribution is 2.03. The maximum Gasteiger partial charge on any atom is 0.631 e. The molecule has 0 aliphatic carbocycles. The molecular formula is C6H17BO9. The zero-order valence-corrected chi connectivity index (χ0v) is 8.33. The maximum absolute atomic E-state index is 8.96. The molecule has 10 heteroatoms. The number of aliphatic hydroxyl groups excluding tert-OH is 6. The second kappa shape index (κ2) is 9.90. The van der Waals surface area contributed by atoms with Gasteiger partial charge < -0.3 is 45.7 Å². The molecule has 0 aromatic rings. The van der Waals surface area contributed by atoms with Crippen molar-refractivity contribution in [2.45, 2.75) is 24.4 Å². The Morgan fingerprint density at radius 1 is 0.688 bits per heavy atom. The van der Waals surface area contributed by atoms with Gasteiger partial charge in [0, 0.05) is 0 Å². The van der Waals surface area contributed by atoms with Crippen molar-refractivity contribution in [2.75, 3.05) is 13.2 Å². The fourth-order valence-electron chi connectivity index (χ4n) is 0.671. The zero-order valence-electron chi connectivity index (χ0n) is 8.33. The number of hydrogen-bond donors (Lipinski definition) is 9. The second-order valence-corrected chi connectivity index (χ2v) is 2.83. The van der Waals surface area contributed by atoms with E-state index < -0.39 is 45.0 Å². The van der Waals surface area contributed by atoms with Crippen LogP contribution in [0.3, 0.4) is 0 Å². The summed E-state index contributed by atoms with van der Waals surface area (Å²) in [5.41, 5.74) is 0.